The summed E-state index contributed by atoms with van der Waals surface area (Å²) < 4.78 is 17.1. The molecular formula is C38H39N3O5. The summed E-state index contributed by atoms with van der Waals surface area (Å²) in [7, 11) is 3.47. The lowest BCUT2D eigenvalue weighted by molar-refractivity contribution is -0.120. The van der Waals surface area contributed by atoms with Crippen molar-refractivity contribution in [3.63, 3.8) is 0 Å². The third-order valence-electron chi connectivity index (χ3n) is 7.71. The van der Waals surface area contributed by atoms with E-state index in [1.165, 1.54) is 4.90 Å². The van der Waals surface area contributed by atoms with Gasteiger partial charge in [-0.15, -0.1) is 0 Å². The van der Waals surface area contributed by atoms with Gasteiger partial charge in [0.1, 0.15) is 24.7 Å². The summed E-state index contributed by atoms with van der Waals surface area (Å²) in [6, 6.07) is 34.7. The molecule has 0 N–H and O–H groups in total. The van der Waals surface area contributed by atoms with E-state index in [-0.39, 0.29) is 30.4 Å². The number of methoxy groups -OCH3 is 1. The summed E-state index contributed by atoms with van der Waals surface area (Å²) in [6.45, 7) is 4.12. The highest BCUT2D eigenvalue weighted by Gasteiger charge is 2.43. The number of rotatable bonds is 10. The van der Waals surface area contributed by atoms with E-state index < -0.39 is 6.09 Å². The Labute approximate surface area is 270 Å². The number of ether oxygens (including phenoxy) is 3. The van der Waals surface area contributed by atoms with Crippen LogP contribution in [0.25, 0.3) is 6.08 Å². The zero-order valence-electron chi connectivity index (χ0n) is 26.6. The molecule has 8 nitrogen and oxygen atoms in total. The highest BCUT2D eigenvalue weighted by Crippen LogP contribution is 2.32. The van der Waals surface area contributed by atoms with Crippen molar-refractivity contribution >= 4 is 24.0 Å². The van der Waals surface area contributed by atoms with Crippen LogP contribution in [0.4, 0.5) is 4.79 Å². The predicted octanol–water partition coefficient (Wildman–Crippen LogP) is 7.35. The van der Waals surface area contributed by atoms with Gasteiger partial charge in [-0.25, -0.2) is 9.69 Å². The van der Waals surface area contributed by atoms with Gasteiger partial charge in [-0.05, 0) is 59.0 Å². The van der Waals surface area contributed by atoms with Crippen molar-refractivity contribution in [1.29, 1.82) is 0 Å². The van der Waals surface area contributed by atoms with Crippen LogP contribution in [0.5, 0.6) is 11.5 Å². The lowest BCUT2D eigenvalue weighted by Gasteiger charge is -2.20. The summed E-state index contributed by atoms with van der Waals surface area (Å²) >= 11 is 0. The first-order chi connectivity index (χ1) is 22.3. The van der Waals surface area contributed by atoms with Crippen molar-refractivity contribution in [3.05, 3.63) is 137 Å². The first kappa shape index (κ1) is 32.0. The summed E-state index contributed by atoms with van der Waals surface area (Å²) in [6.07, 6.45) is 1.86. The van der Waals surface area contributed by atoms with Gasteiger partial charge in [0.25, 0.3) is 5.91 Å². The molecule has 1 atom stereocenters. The Morgan fingerprint density at radius 2 is 1.37 bits per heavy atom. The van der Waals surface area contributed by atoms with Crippen LogP contribution in [0.2, 0.25) is 0 Å². The van der Waals surface area contributed by atoms with Gasteiger partial charge in [0.05, 0.1) is 18.8 Å². The molecular weight excluding hydrogens is 578 g/mol. The van der Waals surface area contributed by atoms with Crippen LogP contribution in [-0.2, 0) is 29.2 Å². The van der Waals surface area contributed by atoms with Gasteiger partial charge >= 0.3 is 6.09 Å². The molecule has 1 aliphatic rings. The van der Waals surface area contributed by atoms with Crippen molar-refractivity contribution < 1.29 is 23.8 Å². The molecule has 0 saturated carbocycles. The molecule has 236 valence electrons. The fraction of sp³-hybridized carbons (Fsp3) is 0.237. The van der Waals surface area contributed by atoms with Gasteiger partial charge in [0.15, 0.2) is 0 Å². The minimum Gasteiger partial charge on any atom is -0.497 e. The second kappa shape index (κ2) is 15.1. The summed E-state index contributed by atoms with van der Waals surface area (Å²) in [5.41, 5.74) is 4.47. The highest BCUT2D eigenvalue weighted by molar-refractivity contribution is 6.05. The third-order valence-corrected chi connectivity index (χ3v) is 7.71. The van der Waals surface area contributed by atoms with E-state index in [2.05, 4.69) is 4.99 Å². The number of hydrogen-bond acceptors (Lipinski definition) is 5. The normalized spacial score (nSPS) is 16.2. The Bertz CT molecular complexity index is 1670. The zero-order chi connectivity index (χ0) is 32.5. The number of benzene rings is 4. The van der Waals surface area contributed by atoms with E-state index in [1.807, 2.05) is 127 Å². The number of amides is 2. The zero-order valence-corrected chi connectivity index (χ0v) is 26.6. The Hall–Kier alpha value is -5.37. The molecule has 1 aliphatic heterocycles. The second-order valence-corrected chi connectivity index (χ2v) is 11.4. The van der Waals surface area contributed by atoms with Gasteiger partial charge in [-0.1, -0.05) is 98.8 Å². The minimum atomic E-state index is -0.613. The lowest BCUT2D eigenvalue weighted by atomic mass is 10.0. The highest BCUT2D eigenvalue weighted by atomic mass is 16.6. The van der Waals surface area contributed by atoms with Gasteiger partial charge in [-0.2, -0.15) is 4.99 Å². The smallest absolute Gasteiger partial charge is 0.421 e. The lowest BCUT2D eigenvalue weighted by Crippen LogP contribution is -2.37. The molecule has 0 aromatic heterocycles. The van der Waals surface area contributed by atoms with Gasteiger partial charge in [0.2, 0.25) is 5.96 Å². The van der Waals surface area contributed by atoms with Crippen molar-refractivity contribution in [2.75, 3.05) is 14.2 Å². The number of aliphatic imine (C=N–C) groups is 1. The number of nitrogens with zero attached hydrogens (tertiary/aromatic N) is 3. The number of carbonyl (C=O) groups excluding carboxylic acids is 2. The van der Waals surface area contributed by atoms with Crippen LogP contribution < -0.4 is 9.47 Å². The topological polar surface area (TPSA) is 80.7 Å². The molecule has 1 fully saturated rings. The molecule has 8 heteroatoms. The van der Waals surface area contributed by atoms with E-state index in [0.29, 0.717) is 18.7 Å². The average molecular weight is 618 g/mol. The van der Waals surface area contributed by atoms with Crippen LogP contribution >= 0.6 is 0 Å². The van der Waals surface area contributed by atoms with E-state index in [4.69, 9.17) is 14.2 Å². The maximum absolute atomic E-state index is 13.9. The predicted molar refractivity (Wildman–Crippen MR) is 179 cm³/mol. The molecule has 0 bridgehead atoms. The van der Waals surface area contributed by atoms with Crippen molar-refractivity contribution in [2.45, 2.75) is 39.5 Å². The molecule has 1 unspecified atom stereocenters. The molecule has 4 aromatic rings. The summed E-state index contributed by atoms with van der Waals surface area (Å²) in [5.74, 6) is 1.04. The van der Waals surface area contributed by atoms with Crippen LogP contribution in [0.15, 0.2) is 120 Å². The van der Waals surface area contributed by atoms with E-state index >= 15 is 0 Å². The Kier molecular flexibility index (Phi) is 10.5. The van der Waals surface area contributed by atoms with Gasteiger partial charge < -0.3 is 19.1 Å². The first-order valence-electron chi connectivity index (χ1n) is 15.3. The summed E-state index contributed by atoms with van der Waals surface area (Å²) in [4.78, 5) is 34.6. The molecule has 5 rings (SSSR count). The Morgan fingerprint density at radius 3 is 1.96 bits per heavy atom. The van der Waals surface area contributed by atoms with Crippen LogP contribution in [0, 0.1) is 5.92 Å². The van der Waals surface area contributed by atoms with Gasteiger partial charge in [-0.3, -0.25) is 4.79 Å². The molecule has 46 heavy (non-hydrogen) atoms. The molecule has 2 amide bonds. The number of carbonyl (C=O) groups is 2. The summed E-state index contributed by atoms with van der Waals surface area (Å²) in [5, 5.41) is 0. The quantitative estimate of drug-likeness (QED) is 0.185. The molecule has 0 aliphatic carbocycles. The molecule has 1 heterocycles. The van der Waals surface area contributed by atoms with E-state index in [1.54, 1.807) is 21.0 Å². The van der Waals surface area contributed by atoms with Crippen molar-refractivity contribution in [3.8, 4) is 11.5 Å². The van der Waals surface area contributed by atoms with E-state index in [0.717, 1.165) is 33.8 Å². The average Bonchev–Trinajstić information content (AvgIpc) is 3.33. The third kappa shape index (κ3) is 8.01. The molecule has 1 saturated heterocycles. The largest absolute Gasteiger partial charge is 0.497 e. The SMILES string of the molecule is COc1ccc(/C=C2/C(Cc3ccc(OCc4ccccc4)cc3)N(C)C(=NC(=O)C(C)C)N2C(=O)OCc2ccccc2)cc1. The maximum Gasteiger partial charge on any atom is 0.421 e. The molecule has 0 radical (unpaired) electrons. The fourth-order valence-electron chi connectivity index (χ4n) is 5.05. The first-order valence-corrected chi connectivity index (χ1v) is 15.3. The fourth-order valence-corrected chi connectivity index (χ4v) is 5.05. The minimum absolute atomic E-state index is 0.0796. The second-order valence-electron chi connectivity index (χ2n) is 11.4. The van der Waals surface area contributed by atoms with E-state index in [9.17, 15) is 9.59 Å². The Balaban J connectivity index is 1.47. The Morgan fingerprint density at radius 1 is 0.783 bits per heavy atom. The molecule has 4 aromatic carbocycles. The number of likely N-dealkylation sites (N-methyl/N-ethyl adjacent to an activating group) is 1. The standard InChI is InChI=1S/C38H39N3O5/c1-27(2)36(42)39-37-40(3)34(23-28-17-21-33(22-18-28)45-25-30-11-7-5-8-12-30)35(24-29-15-19-32(44-4)20-16-29)41(37)38(43)46-26-31-13-9-6-10-14-31/h5-22,24,27,34H,23,25-26H2,1-4H3/b35-24-,39-37?. The van der Waals surface area contributed by atoms with Crippen LogP contribution in [0.1, 0.15) is 36.1 Å². The number of hydrogen-bond donors (Lipinski definition) is 0. The van der Waals surface area contributed by atoms with Crippen molar-refractivity contribution in [2.24, 2.45) is 10.9 Å². The monoisotopic (exact) mass is 617 g/mol. The molecule has 0 spiro atoms. The van der Waals surface area contributed by atoms with Crippen LogP contribution in [0.3, 0.4) is 0 Å². The number of guanidine groups is 1. The maximum atomic E-state index is 13.9. The van der Waals surface area contributed by atoms with Gasteiger partial charge in [0, 0.05) is 13.0 Å². The van der Waals surface area contributed by atoms with Crippen LogP contribution in [-0.4, -0.2) is 48.0 Å². The van der Waals surface area contributed by atoms with Crippen molar-refractivity contribution in [1.82, 2.24) is 9.80 Å².